The van der Waals surface area contributed by atoms with Gasteiger partial charge in [-0.05, 0) is 0 Å². The fraction of sp³-hybridized carbons (Fsp3) is 0.625. The van der Waals surface area contributed by atoms with Gasteiger partial charge in [-0.2, -0.15) is 0 Å². The van der Waals surface area contributed by atoms with E-state index in [0.717, 1.165) is 12.1 Å². The van der Waals surface area contributed by atoms with Crippen LogP contribution in [0.5, 0.6) is 0 Å². The highest BCUT2D eigenvalue weighted by Gasteiger charge is 1.98. The predicted octanol–water partition coefficient (Wildman–Crippen LogP) is -0.310. The molecule has 0 unspecified atom stereocenters. The fourth-order valence-electron chi connectivity index (χ4n) is 0.984. The van der Waals surface area contributed by atoms with Crippen LogP contribution in [0.25, 0.3) is 0 Å². The number of rotatable bonds is 5. The van der Waals surface area contributed by atoms with E-state index < -0.39 is 0 Å². The monoisotopic (exact) mass is 198 g/mol. The lowest BCUT2D eigenvalue weighted by atomic mass is 10.4. The van der Waals surface area contributed by atoms with Crippen LogP contribution in [-0.2, 0) is 22.6 Å². The summed E-state index contributed by atoms with van der Waals surface area (Å²) in [6.45, 7) is 2.87. The molecule has 0 aliphatic heterocycles. The van der Waals surface area contributed by atoms with Crippen molar-refractivity contribution in [1.29, 1.82) is 0 Å². The van der Waals surface area contributed by atoms with Crippen molar-refractivity contribution in [3.05, 3.63) is 11.9 Å². The second kappa shape index (κ2) is 5.33. The molecule has 0 saturated heterocycles. The molecule has 0 aliphatic rings. The number of carbonyl (C=O) groups is 1. The average Bonchev–Trinajstić information content (AvgIpc) is 2.60. The summed E-state index contributed by atoms with van der Waals surface area (Å²) in [6.07, 6.45) is 2.51. The molecule has 0 amide bonds. The van der Waals surface area contributed by atoms with Gasteiger partial charge < -0.3 is 10.5 Å². The van der Waals surface area contributed by atoms with Gasteiger partial charge in [0.1, 0.15) is 0 Å². The summed E-state index contributed by atoms with van der Waals surface area (Å²) >= 11 is 0. The molecule has 0 bridgehead atoms. The zero-order chi connectivity index (χ0) is 10.4. The Morgan fingerprint density at radius 3 is 3.07 bits per heavy atom. The zero-order valence-electron chi connectivity index (χ0n) is 8.14. The lowest BCUT2D eigenvalue weighted by Crippen LogP contribution is -2.05. The SMILES string of the molecule is CC(=O)OCCCn1cc(CN)nn1. The van der Waals surface area contributed by atoms with Gasteiger partial charge in [-0.3, -0.25) is 9.48 Å². The maximum Gasteiger partial charge on any atom is 0.302 e. The van der Waals surface area contributed by atoms with E-state index in [9.17, 15) is 4.79 Å². The number of nitrogens with two attached hydrogens (primary N) is 1. The lowest BCUT2D eigenvalue weighted by Gasteiger charge is -2.00. The first kappa shape index (κ1) is 10.6. The van der Waals surface area contributed by atoms with Gasteiger partial charge in [-0.15, -0.1) is 5.10 Å². The zero-order valence-corrected chi connectivity index (χ0v) is 8.14. The maximum atomic E-state index is 10.4. The first-order valence-electron chi connectivity index (χ1n) is 4.45. The molecule has 1 aromatic heterocycles. The van der Waals surface area contributed by atoms with Crippen LogP contribution in [0.3, 0.4) is 0 Å². The van der Waals surface area contributed by atoms with Crippen LogP contribution in [0.1, 0.15) is 19.0 Å². The van der Waals surface area contributed by atoms with E-state index in [1.165, 1.54) is 6.92 Å². The summed E-state index contributed by atoms with van der Waals surface area (Å²) in [5.74, 6) is -0.258. The predicted molar refractivity (Wildman–Crippen MR) is 49.2 cm³/mol. The molecule has 78 valence electrons. The molecule has 0 atom stereocenters. The standard InChI is InChI=1S/C8H14N4O2/c1-7(13)14-4-2-3-12-6-8(5-9)10-11-12/h6H,2-5,9H2,1H3. The van der Waals surface area contributed by atoms with Crippen molar-refractivity contribution in [2.45, 2.75) is 26.4 Å². The molecule has 1 aromatic rings. The van der Waals surface area contributed by atoms with E-state index in [1.807, 2.05) is 0 Å². The highest BCUT2D eigenvalue weighted by atomic mass is 16.5. The topological polar surface area (TPSA) is 83.0 Å². The number of hydrogen-bond acceptors (Lipinski definition) is 5. The molecular formula is C8H14N4O2. The number of nitrogens with zero attached hydrogens (tertiary/aromatic N) is 3. The normalized spacial score (nSPS) is 10.1. The van der Waals surface area contributed by atoms with Gasteiger partial charge in [0.2, 0.25) is 0 Å². The van der Waals surface area contributed by atoms with E-state index in [2.05, 4.69) is 10.3 Å². The molecule has 1 rings (SSSR count). The Hall–Kier alpha value is -1.43. The number of aryl methyl sites for hydroxylation is 1. The Morgan fingerprint density at radius 2 is 2.50 bits per heavy atom. The van der Waals surface area contributed by atoms with Crippen LogP contribution in [-0.4, -0.2) is 27.6 Å². The third kappa shape index (κ3) is 3.53. The summed E-state index contributed by atoms with van der Waals surface area (Å²) in [4.78, 5) is 10.4. The Balaban J connectivity index is 2.21. The number of hydrogen-bond donors (Lipinski definition) is 1. The smallest absolute Gasteiger partial charge is 0.302 e. The molecule has 0 spiro atoms. The maximum absolute atomic E-state index is 10.4. The minimum absolute atomic E-state index is 0.258. The summed E-state index contributed by atoms with van der Waals surface area (Å²) in [6, 6.07) is 0. The second-order valence-electron chi connectivity index (χ2n) is 2.87. The number of esters is 1. The van der Waals surface area contributed by atoms with Gasteiger partial charge in [0.05, 0.1) is 12.3 Å². The first-order chi connectivity index (χ1) is 6.72. The highest BCUT2D eigenvalue weighted by molar-refractivity contribution is 5.65. The second-order valence-corrected chi connectivity index (χ2v) is 2.87. The average molecular weight is 198 g/mol. The van der Waals surface area contributed by atoms with Crippen LogP contribution in [0.15, 0.2) is 6.20 Å². The van der Waals surface area contributed by atoms with E-state index in [-0.39, 0.29) is 5.97 Å². The fourth-order valence-corrected chi connectivity index (χ4v) is 0.984. The summed E-state index contributed by atoms with van der Waals surface area (Å²) in [5.41, 5.74) is 6.13. The molecule has 0 saturated carbocycles. The molecule has 1 heterocycles. The van der Waals surface area contributed by atoms with E-state index in [1.54, 1.807) is 10.9 Å². The third-order valence-electron chi connectivity index (χ3n) is 1.63. The van der Waals surface area contributed by atoms with Crippen molar-refractivity contribution in [2.75, 3.05) is 6.61 Å². The lowest BCUT2D eigenvalue weighted by molar-refractivity contribution is -0.141. The molecule has 0 fully saturated rings. The van der Waals surface area contributed by atoms with Crippen LogP contribution in [0, 0.1) is 0 Å². The van der Waals surface area contributed by atoms with E-state index in [0.29, 0.717) is 19.7 Å². The van der Waals surface area contributed by atoms with Crippen molar-refractivity contribution in [2.24, 2.45) is 5.73 Å². The number of aromatic nitrogens is 3. The van der Waals surface area contributed by atoms with Gasteiger partial charge in [0, 0.05) is 32.6 Å². The van der Waals surface area contributed by atoms with Crippen molar-refractivity contribution in [1.82, 2.24) is 15.0 Å². The van der Waals surface area contributed by atoms with Crippen LogP contribution in [0.2, 0.25) is 0 Å². The quantitative estimate of drug-likeness (QED) is 0.518. The van der Waals surface area contributed by atoms with Crippen molar-refractivity contribution < 1.29 is 9.53 Å². The van der Waals surface area contributed by atoms with Crippen molar-refractivity contribution >= 4 is 5.97 Å². The molecule has 0 radical (unpaired) electrons. The Morgan fingerprint density at radius 1 is 1.71 bits per heavy atom. The van der Waals surface area contributed by atoms with E-state index >= 15 is 0 Å². The molecule has 0 aromatic carbocycles. The van der Waals surface area contributed by atoms with Crippen molar-refractivity contribution in [3.8, 4) is 0 Å². The number of ether oxygens (including phenoxy) is 1. The molecule has 0 aliphatic carbocycles. The number of carbonyl (C=O) groups excluding carboxylic acids is 1. The van der Waals surface area contributed by atoms with Gasteiger partial charge in [0.25, 0.3) is 0 Å². The van der Waals surface area contributed by atoms with Crippen LogP contribution in [0.4, 0.5) is 0 Å². The van der Waals surface area contributed by atoms with Gasteiger partial charge in [0.15, 0.2) is 0 Å². The summed E-state index contributed by atoms with van der Waals surface area (Å²) < 4.78 is 6.46. The molecular weight excluding hydrogens is 184 g/mol. The minimum atomic E-state index is -0.258. The third-order valence-corrected chi connectivity index (χ3v) is 1.63. The minimum Gasteiger partial charge on any atom is -0.466 e. The molecule has 6 nitrogen and oxygen atoms in total. The molecule has 2 N–H and O–H groups in total. The van der Waals surface area contributed by atoms with Crippen LogP contribution >= 0.6 is 0 Å². The largest absolute Gasteiger partial charge is 0.466 e. The highest BCUT2D eigenvalue weighted by Crippen LogP contribution is 1.93. The molecule has 14 heavy (non-hydrogen) atoms. The van der Waals surface area contributed by atoms with Crippen molar-refractivity contribution in [3.63, 3.8) is 0 Å². The van der Waals surface area contributed by atoms with Gasteiger partial charge >= 0.3 is 5.97 Å². The van der Waals surface area contributed by atoms with Gasteiger partial charge in [-0.25, -0.2) is 0 Å². The van der Waals surface area contributed by atoms with Crippen LogP contribution < -0.4 is 5.73 Å². The van der Waals surface area contributed by atoms with Gasteiger partial charge in [-0.1, -0.05) is 5.21 Å². The summed E-state index contributed by atoms with van der Waals surface area (Å²) in [7, 11) is 0. The Bertz CT molecular complexity index is 297. The van der Waals surface area contributed by atoms with E-state index in [4.69, 9.17) is 10.5 Å². The first-order valence-corrected chi connectivity index (χ1v) is 4.45. The molecule has 6 heteroatoms. The Labute approximate surface area is 82.0 Å². The Kier molecular flexibility index (Phi) is 4.06. The summed E-state index contributed by atoms with van der Waals surface area (Å²) in [5, 5.41) is 7.68.